The van der Waals surface area contributed by atoms with E-state index < -0.39 is 16.8 Å². The van der Waals surface area contributed by atoms with E-state index in [1.165, 1.54) is 48.5 Å². The molecule has 2 aromatic carbocycles. The third-order valence-electron chi connectivity index (χ3n) is 3.16. The summed E-state index contributed by atoms with van der Waals surface area (Å²) in [6, 6.07) is 12.9. The highest BCUT2D eigenvalue weighted by atomic mass is 16.6. The molecule has 0 saturated heterocycles. The molecule has 0 radical (unpaired) electrons. The number of aromatic carboxylic acids is 1. The standard InChI is InChI=1S/C17H11N3O5/c18-10-12(8-11-4-3-5-13(9-11)20(24)25)16(21)19-15-7-2-1-6-14(15)17(22)23/h1-9H,(H,19,21)(H,22,23)/b12-8+. The summed E-state index contributed by atoms with van der Waals surface area (Å²) in [5, 5.41) is 31.4. The average molecular weight is 337 g/mol. The van der Waals surface area contributed by atoms with E-state index in [1.807, 2.05) is 0 Å². The van der Waals surface area contributed by atoms with Gasteiger partial charge in [-0.2, -0.15) is 5.26 Å². The second kappa shape index (κ2) is 7.52. The molecule has 25 heavy (non-hydrogen) atoms. The maximum absolute atomic E-state index is 12.2. The molecule has 0 fully saturated rings. The van der Waals surface area contributed by atoms with Gasteiger partial charge in [-0.1, -0.05) is 24.3 Å². The zero-order valence-corrected chi connectivity index (χ0v) is 12.7. The minimum Gasteiger partial charge on any atom is -0.478 e. The molecule has 8 heteroatoms. The van der Waals surface area contributed by atoms with E-state index in [1.54, 1.807) is 12.1 Å². The zero-order valence-electron chi connectivity index (χ0n) is 12.7. The molecule has 1 amide bonds. The molecule has 0 heterocycles. The minimum atomic E-state index is -1.22. The molecule has 0 aliphatic rings. The fourth-order valence-electron chi connectivity index (χ4n) is 2.01. The van der Waals surface area contributed by atoms with Crippen molar-refractivity contribution in [2.75, 3.05) is 5.32 Å². The zero-order chi connectivity index (χ0) is 18.4. The second-order valence-corrected chi connectivity index (χ2v) is 4.83. The lowest BCUT2D eigenvalue weighted by Crippen LogP contribution is -2.16. The van der Waals surface area contributed by atoms with Crippen LogP contribution in [0.3, 0.4) is 0 Å². The van der Waals surface area contributed by atoms with E-state index in [0.29, 0.717) is 5.56 Å². The van der Waals surface area contributed by atoms with Gasteiger partial charge in [-0.25, -0.2) is 4.79 Å². The number of carboxylic acids is 1. The van der Waals surface area contributed by atoms with Gasteiger partial charge in [-0.05, 0) is 23.8 Å². The van der Waals surface area contributed by atoms with E-state index in [9.17, 15) is 19.7 Å². The van der Waals surface area contributed by atoms with Gasteiger partial charge in [-0.15, -0.1) is 0 Å². The molecule has 8 nitrogen and oxygen atoms in total. The van der Waals surface area contributed by atoms with Gasteiger partial charge in [0, 0.05) is 12.1 Å². The monoisotopic (exact) mass is 337 g/mol. The lowest BCUT2D eigenvalue weighted by atomic mass is 10.1. The number of nitriles is 1. The van der Waals surface area contributed by atoms with Crippen LogP contribution in [0.4, 0.5) is 11.4 Å². The average Bonchev–Trinajstić information content (AvgIpc) is 2.60. The maximum atomic E-state index is 12.2. The Morgan fingerprint density at radius 2 is 1.92 bits per heavy atom. The summed E-state index contributed by atoms with van der Waals surface area (Å²) < 4.78 is 0. The van der Waals surface area contributed by atoms with Crippen LogP contribution in [0.15, 0.2) is 54.1 Å². The van der Waals surface area contributed by atoms with Gasteiger partial charge in [0.15, 0.2) is 0 Å². The number of anilines is 1. The molecule has 0 aliphatic heterocycles. The van der Waals surface area contributed by atoms with Crippen molar-refractivity contribution in [1.82, 2.24) is 0 Å². The number of amides is 1. The van der Waals surface area contributed by atoms with E-state index in [2.05, 4.69) is 5.32 Å². The molecule has 0 saturated carbocycles. The fraction of sp³-hybridized carbons (Fsp3) is 0. The van der Waals surface area contributed by atoms with Gasteiger partial charge in [0.05, 0.1) is 16.2 Å². The van der Waals surface area contributed by atoms with Gasteiger partial charge in [0.1, 0.15) is 11.6 Å². The van der Waals surface area contributed by atoms with Crippen LogP contribution < -0.4 is 5.32 Å². The molecule has 0 spiro atoms. The molecule has 0 aliphatic carbocycles. The molecule has 2 rings (SSSR count). The Kier molecular flexibility index (Phi) is 5.22. The first-order valence-electron chi connectivity index (χ1n) is 6.92. The van der Waals surface area contributed by atoms with Crippen LogP contribution in [0.25, 0.3) is 6.08 Å². The Balaban J connectivity index is 2.31. The summed E-state index contributed by atoms with van der Waals surface area (Å²) in [5.41, 5.74) is -0.278. The van der Waals surface area contributed by atoms with Crippen LogP contribution in [-0.4, -0.2) is 21.9 Å². The van der Waals surface area contributed by atoms with Crippen molar-refractivity contribution in [1.29, 1.82) is 5.26 Å². The number of nitrogens with one attached hydrogen (secondary N) is 1. The topological polar surface area (TPSA) is 133 Å². The van der Waals surface area contributed by atoms with Crippen LogP contribution in [0, 0.1) is 21.4 Å². The van der Waals surface area contributed by atoms with Gasteiger partial charge in [0.2, 0.25) is 0 Å². The number of para-hydroxylation sites is 1. The highest BCUT2D eigenvalue weighted by Gasteiger charge is 2.15. The summed E-state index contributed by atoms with van der Waals surface area (Å²) in [4.78, 5) is 33.5. The second-order valence-electron chi connectivity index (χ2n) is 4.83. The number of hydrogen-bond acceptors (Lipinski definition) is 5. The lowest BCUT2D eigenvalue weighted by Gasteiger charge is -2.07. The fourth-order valence-corrected chi connectivity index (χ4v) is 2.01. The Morgan fingerprint density at radius 3 is 2.56 bits per heavy atom. The van der Waals surface area contributed by atoms with E-state index >= 15 is 0 Å². The summed E-state index contributed by atoms with van der Waals surface area (Å²) in [7, 11) is 0. The van der Waals surface area contributed by atoms with Crippen molar-refractivity contribution in [3.8, 4) is 6.07 Å². The van der Waals surface area contributed by atoms with Gasteiger partial charge in [0.25, 0.3) is 11.6 Å². The van der Waals surface area contributed by atoms with Crippen LogP contribution >= 0.6 is 0 Å². The first kappa shape index (κ1) is 17.4. The third kappa shape index (κ3) is 4.27. The number of carboxylic acid groups (broad SMARTS) is 1. The number of nitrogens with zero attached hydrogens (tertiary/aromatic N) is 2. The van der Waals surface area contributed by atoms with Crippen LogP contribution in [-0.2, 0) is 4.79 Å². The van der Waals surface area contributed by atoms with Gasteiger partial charge in [-0.3, -0.25) is 14.9 Å². The SMILES string of the molecule is N#C/C(=C\c1cccc([N+](=O)[O-])c1)C(=O)Nc1ccccc1C(=O)O. The Hall–Kier alpha value is -3.99. The summed E-state index contributed by atoms with van der Waals surface area (Å²) >= 11 is 0. The van der Waals surface area contributed by atoms with Gasteiger partial charge >= 0.3 is 5.97 Å². The Labute approximate surface area is 141 Å². The van der Waals surface area contributed by atoms with Crippen molar-refractivity contribution in [3.63, 3.8) is 0 Å². The summed E-state index contributed by atoms with van der Waals surface area (Å²) in [6.07, 6.45) is 1.19. The number of nitro groups is 1. The highest BCUT2D eigenvalue weighted by Crippen LogP contribution is 2.18. The summed E-state index contributed by atoms with van der Waals surface area (Å²) in [5.74, 6) is -2.04. The Morgan fingerprint density at radius 1 is 1.20 bits per heavy atom. The number of hydrogen-bond donors (Lipinski definition) is 2. The number of non-ortho nitro benzene ring substituents is 1. The number of benzene rings is 2. The van der Waals surface area contributed by atoms with E-state index in [4.69, 9.17) is 10.4 Å². The molecule has 2 aromatic rings. The lowest BCUT2D eigenvalue weighted by molar-refractivity contribution is -0.384. The number of carbonyl (C=O) groups excluding carboxylic acids is 1. The number of carbonyl (C=O) groups is 2. The molecule has 0 unspecified atom stereocenters. The first-order valence-corrected chi connectivity index (χ1v) is 6.92. The third-order valence-corrected chi connectivity index (χ3v) is 3.16. The number of nitro benzene ring substituents is 1. The van der Waals surface area contributed by atoms with Crippen molar-refractivity contribution in [2.24, 2.45) is 0 Å². The molecular weight excluding hydrogens is 326 g/mol. The predicted octanol–water partition coefficient (Wildman–Crippen LogP) is 2.84. The van der Waals surface area contributed by atoms with Crippen molar-refractivity contribution < 1.29 is 19.6 Å². The molecule has 0 aromatic heterocycles. The van der Waals surface area contributed by atoms with Gasteiger partial charge < -0.3 is 10.4 Å². The highest BCUT2D eigenvalue weighted by molar-refractivity contribution is 6.11. The summed E-state index contributed by atoms with van der Waals surface area (Å²) in [6.45, 7) is 0. The largest absolute Gasteiger partial charge is 0.478 e. The predicted molar refractivity (Wildman–Crippen MR) is 88.7 cm³/mol. The van der Waals surface area contributed by atoms with Crippen molar-refractivity contribution in [3.05, 3.63) is 75.3 Å². The Bertz CT molecular complexity index is 928. The smallest absolute Gasteiger partial charge is 0.337 e. The van der Waals surface area contributed by atoms with E-state index in [0.717, 1.165) is 0 Å². The molecular formula is C17H11N3O5. The molecule has 124 valence electrons. The maximum Gasteiger partial charge on any atom is 0.337 e. The molecule has 0 bridgehead atoms. The van der Waals surface area contributed by atoms with Crippen LogP contribution in [0.5, 0.6) is 0 Å². The minimum absolute atomic E-state index is 0.0418. The first-order chi connectivity index (χ1) is 11.9. The molecule has 0 atom stereocenters. The number of rotatable bonds is 5. The van der Waals surface area contributed by atoms with Crippen molar-refractivity contribution >= 4 is 29.3 Å². The van der Waals surface area contributed by atoms with Crippen LogP contribution in [0.1, 0.15) is 15.9 Å². The molecule has 2 N–H and O–H groups in total. The normalized spacial score (nSPS) is 10.6. The van der Waals surface area contributed by atoms with Crippen LogP contribution in [0.2, 0.25) is 0 Å². The quantitative estimate of drug-likeness (QED) is 0.373. The van der Waals surface area contributed by atoms with E-state index in [-0.39, 0.29) is 22.5 Å². The van der Waals surface area contributed by atoms with Crippen molar-refractivity contribution in [2.45, 2.75) is 0 Å².